The Balaban J connectivity index is 1.65. The molecule has 0 fully saturated rings. The third-order valence-electron chi connectivity index (χ3n) is 6.54. The van der Waals surface area contributed by atoms with Crippen LogP contribution in [0.1, 0.15) is 23.6 Å². The molecule has 1 N–H and O–H groups in total. The van der Waals surface area contributed by atoms with Gasteiger partial charge in [0.2, 0.25) is 5.75 Å². The van der Waals surface area contributed by atoms with Crippen molar-refractivity contribution in [2.75, 3.05) is 33.4 Å². The minimum Gasteiger partial charge on any atom is -0.507 e. The van der Waals surface area contributed by atoms with Crippen LogP contribution in [0.4, 0.5) is 5.69 Å². The summed E-state index contributed by atoms with van der Waals surface area (Å²) in [5, 5.41) is 19.9. The number of phenolic OH excluding ortho intramolecular Hbond substituents is 1. The Labute approximate surface area is 210 Å². The van der Waals surface area contributed by atoms with E-state index in [1.54, 1.807) is 28.4 Å². The van der Waals surface area contributed by atoms with Crippen molar-refractivity contribution >= 4 is 22.2 Å². The summed E-state index contributed by atoms with van der Waals surface area (Å²) in [7, 11) is 6.41. The maximum atomic E-state index is 11.2. The van der Waals surface area contributed by atoms with Gasteiger partial charge in [-0.2, -0.15) is 5.10 Å². The Morgan fingerprint density at radius 1 is 0.806 bits per heavy atom. The van der Waals surface area contributed by atoms with Gasteiger partial charge in [-0.1, -0.05) is 42.5 Å². The third kappa shape index (κ3) is 4.02. The number of phenols is 1. The molecule has 0 aromatic heterocycles. The van der Waals surface area contributed by atoms with Crippen LogP contribution in [0.2, 0.25) is 0 Å². The number of hydrogen-bond donors (Lipinski definition) is 1. The topological polar surface area (TPSA) is 72.8 Å². The average Bonchev–Trinajstić information content (AvgIpc) is 3.37. The molecule has 36 heavy (non-hydrogen) atoms. The maximum Gasteiger partial charge on any atom is 0.203 e. The zero-order chi connectivity index (χ0) is 25.2. The van der Waals surface area contributed by atoms with Gasteiger partial charge < -0.3 is 24.1 Å². The Kier molecular flexibility index (Phi) is 6.29. The van der Waals surface area contributed by atoms with Gasteiger partial charge in [0.25, 0.3) is 0 Å². The summed E-state index contributed by atoms with van der Waals surface area (Å²) >= 11 is 0. The second kappa shape index (κ2) is 9.70. The van der Waals surface area contributed by atoms with Crippen molar-refractivity contribution in [2.45, 2.75) is 12.5 Å². The van der Waals surface area contributed by atoms with Gasteiger partial charge in [-0.15, -0.1) is 0 Å². The first-order valence-corrected chi connectivity index (χ1v) is 11.6. The first kappa shape index (κ1) is 23.4. The number of fused-ring (bicyclic) bond motifs is 1. The second-order valence-electron chi connectivity index (χ2n) is 8.45. The van der Waals surface area contributed by atoms with Gasteiger partial charge in [0.1, 0.15) is 11.5 Å². The van der Waals surface area contributed by atoms with E-state index in [1.165, 1.54) is 0 Å². The largest absolute Gasteiger partial charge is 0.507 e. The number of nitrogens with zero attached hydrogens (tertiary/aromatic N) is 2. The second-order valence-corrected chi connectivity index (χ2v) is 8.45. The van der Waals surface area contributed by atoms with Crippen LogP contribution in [0, 0.1) is 0 Å². The molecule has 0 amide bonds. The number of methoxy groups -OCH3 is 4. The zero-order valence-electron chi connectivity index (χ0n) is 20.7. The van der Waals surface area contributed by atoms with Crippen molar-refractivity contribution < 1.29 is 24.1 Å². The molecule has 5 rings (SSSR count). The van der Waals surface area contributed by atoms with Crippen molar-refractivity contribution in [2.24, 2.45) is 5.10 Å². The SMILES string of the molecule is COc1ccc(C2CC(c3ccc4ccccc4c3O)=NN2c2cc(OC)c(OC)c(OC)c2)cc1. The van der Waals surface area contributed by atoms with Gasteiger partial charge in [-0.3, -0.25) is 5.01 Å². The predicted octanol–water partition coefficient (Wildman–Crippen LogP) is 5.94. The summed E-state index contributed by atoms with van der Waals surface area (Å²) < 4.78 is 22.0. The Morgan fingerprint density at radius 2 is 1.50 bits per heavy atom. The van der Waals surface area contributed by atoms with Crippen molar-refractivity contribution in [3.05, 3.63) is 83.9 Å². The quantitative estimate of drug-likeness (QED) is 0.350. The highest BCUT2D eigenvalue weighted by Crippen LogP contribution is 2.46. The number of hydrogen-bond acceptors (Lipinski definition) is 7. The molecule has 1 heterocycles. The van der Waals surface area contributed by atoms with Gasteiger partial charge in [-0.05, 0) is 29.1 Å². The zero-order valence-corrected chi connectivity index (χ0v) is 20.7. The molecule has 1 aliphatic heterocycles. The molecule has 4 aromatic carbocycles. The molecule has 0 saturated carbocycles. The fourth-order valence-electron chi connectivity index (χ4n) is 4.68. The number of aromatic hydroxyl groups is 1. The van der Waals surface area contributed by atoms with E-state index in [-0.39, 0.29) is 11.8 Å². The minimum atomic E-state index is -0.125. The Hall–Kier alpha value is -4.39. The summed E-state index contributed by atoms with van der Waals surface area (Å²) in [6.07, 6.45) is 0.592. The fraction of sp³-hybridized carbons (Fsp3) is 0.207. The molecule has 4 aromatic rings. The van der Waals surface area contributed by atoms with Crippen LogP contribution in [0.5, 0.6) is 28.7 Å². The molecular formula is C29H28N2O5. The van der Waals surface area contributed by atoms with Crippen molar-refractivity contribution in [1.82, 2.24) is 0 Å². The summed E-state index contributed by atoms with van der Waals surface area (Å²) in [5.41, 5.74) is 3.33. The summed E-state index contributed by atoms with van der Waals surface area (Å²) in [6, 6.07) is 23.3. The lowest BCUT2D eigenvalue weighted by atomic mass is 9.96. The van der Waals surface area contributed by atoms with E-state index >= 15 is 0 Å². The fourth-order valence-corrected chi connectivity index (χ4v) is 4.68. The number of rotatable bonds is 7. The summed E-state index contributed by atoms with van der Waals surface area (Å²) in [5.74, 6) is 2.60. The lowest BCUT2D eigenvalue weighted by Crippen LogP contribution is -2.18. The van der Waals surface area contributed by atoms with Crippen LogP contribution < -0.4 is 24.0 Å². The Bertz CT molecular complexity index is 1410. The standard InChI is InChI=1S/C29H28N2O5/c1-33-21-12-9-19(10-13-21)25-17-24(23-14-11-18-7-5-6-8-22(18)28(23)32)30-31(25)20-15-26(34-2)29(36-4)27(16-20)35-3/h5-16,25,32H,17H2,1-4H3. The lowest BCUT2D eigenvalue weighted by Gasteiger charge is -2.25. The molecule has 184 valence electrons. The Morgan fingerprint density at radius 3 is 2.14 bits per heavy atom. The highest BCUT2D eigenvalue weighted by atomic mass is 16.5. The third-order valence-corrected chi connectivity index (χ3v) is 6.54. The number of benzene rings is 4. The smallest absolute Gasteiger partial charge is 0.203 e. The molecule has 0 radical (unpaired) electrons. The van der Waals surface area contributed by atoms with Gasteiger partial charge in [-0.25, -0.2) is 0 Å². The van der Waals surface area contributed by atoms with Crippen LogP contribution in [-0.2, 0) is 0 Å². The molecular weight excluding hydrogens is 456 g/mol. The van der Waals surface area contributed by atoms with Gasteiger partial charge in [0.05, 0.1) is 45.9 Å². The average molecular weight is 485 g/mol. The van der Waals surface area contributed by atoms with Crippen molar-refractivity contribution in [1.29, 1.82) is 0 Å². The van der Waals surface area contributed by atoms with E-state index in [0.29, 0.717) is 29.2 Å². The molecule has 1 unspecified atom stereocenters. The summed E-state index contributed by atoms with van der Waals surface area (Å²) in [6.45, 7) is 0. The van der Waals surface area contributed by atoms with E-state index in [4.69, 9.17) is 24.0 Å². The van der Waals surface area contributed by atoms with Crippen LogP contribution in [0.15, 0.2) is 77.9 Å². The van der Waals surface area contributed by atoms with E-state index in [1.807, 2.05) is 77.8 Å². The van der Waals surface area contributed by atoms with Crippen molar-refractivity contribution in [3.63, 3.8) is 0 Å². The van der Waals surface area contributed by atoms with Crippen LogP contribution in [0.3, 0.4) is 0 Å². The van der Waals surface area contributed by atoms with E-state index in [2.05, 4.69) is 0 Å². The van der Waals surface area contributed by atoms with Gasteiger partial charge >= 0.3 is 0 Å². The number of ether oxygens (including phenoxy) is 4. The van der Waals surface area contributed by atoms with E-state index in [9.17, 15) is 5.11 Å². The van der Waals surface area contributed by atoms with Crippen LogP contribution in [0.25, 0.3) is 10.8 Å². The number of anilines is 1. The molecule has 0 aliphatic carbocycles. The normalized spacial score (nSPS) is 15.1. The lowest BCUT2D eigenvalue weighted by molar-refractivity contribution is 0.324. The monoisotopic (exact) mass is 484 g/mol. The highest BCUT2D eigenvalue weighted by Gasteiger charge is 2.32. The molecule has 0 saturated heterocycles. The molecule has 7 heteroatoms. The molecule has 0 bridgehead atoms. The van der Waals surface area contributed by atoms with Gasteiger partial charge in [0, 0.05) is 29.5 Å². The van der Waals surface area contributed by atoms with E-state index in [0.717, 1.165) is 33.5 Å². The molecule has 0 spiro atoms. The van der Waals surface area contributed by atoms with Crippen LogP contribution >= 0.6 is 0 Å². The first-order valence-electron chi connectivity index (χ1n) is 11.6. The minimum absolute atomic E-state index is 0.125. The van der Waals surface area contributed by atoms with Crippen LogP contribution in [-0.4, -0.2) is 39.3 Å². The van der Waals surface area contributed by atoms with E-state index < -0.39 is 0 Å². The molecule has 1 atom stereocenters. The van der Waals surface area contributed by atoms with Gasteiger partial charge in [0.15, 0.2) is 11.5 Å². The predicted molar refractivity (Wildman–Crippen MR) is 141 cm³/mol. The summed E-state index contributed by atoms with van der Waals surface area (Å²) in [4.78, 5) is 0. The molecule has 7 nitrogen and oxygen atoms in total. The first-order chi connectivity index (χ1) is 17.6. The van der Waals surface area contributed by atoms with Crippen molar-refractivity contribution in [3.8, 4) is 28.7 Å². The highest BCUT2D eigenvalue weighted by molar-refractivity contribution is 6.09. The number of hydrazone groups is 1. The maximum absolute atomic E-state index is 11.2. The molecule has 1 aliphatic rings.